The fourth-order valence-electron chi connectivity index (χ4n) is 2.29. The van der Waals surface area contributed by atoms with Crippen molar-refractivity contribution in [3.8, 4) is 22.6 Å². The summed E-state index contributed by atoms with van der Waals surface area (Å²) in [7, 11) is -9.89. The zero-order chi connectivity index (χ0) is 19.8. The molecule has 0 saturated carbocycles. The van der Waals surface area contributed by atoms with Gasteiger partial charge in [0.2, 0.25) is 0 Å². The second-order valence-electron chi connectivity index (χ2n) is 5.14. The second-order valence-corrected chi connectivity index (χ2v) is 7.11. The van der Waals surface area contributed by atoms with Gasteiger partial charge in [-0.2, -0.15) is 0 Å². The Bertz CT molecular complexity index is 1280. The summed E-state index contributed by atoms with van der Waals surface area (Å²) < 4.78 is 77.2. The predicted molar refractivity (Wildman–Crippen MR) is 88.6 cm³/mol. The van der Waals surface area contributed by atoms with E-state index < -0.39 is 26.2 Å². The van der Waals surface area contributed by atoms with Gasteiger partial charge in [0.15, 0.2) is 5.43 Å². The normalized spacial score (nSPS) is 11.2. The molecule has 142 valence electrons. The van der Waals surface area contributed by atoms with E-state index in [-0.39, 0.29) is 131 Å². The van der Waals surface area contributed by atoms with Gasteiger partial charge in [0.05, 0.1) is 10.9 Å². The van der Waals surface area contributed by atoms with Gasteiger partial charge in [-0.3, -0.25) is 4.79 Å². The van der Waals surface area contributed by atoms with Crippen LogP contribution in [0.1, 0.15) is 0 Å². The summed E-state index contributed by atoms with van der Waals surface area (Å²) in [4.78, 5) is 12.6. The third-order valence-corrected chi connectivity index (χ3v) is 4.10. The summed E-state index contributed by atoms with van der Waals surface area (Å²) in [5, 5.41) is 0.0885. The maximum absolute atomic E-state index is 12.6. The van der Waals surface area contributed by atoms with Crippen LogP contribution in [0.4, 0.5) is 0 Å². The van der Waals surface area contributed by atoms with Gasteiger partial charge in [-0.25, -0.2) is 16.8 Å². The van der Waals surface area contributed by atoms with E-state index in [0.717, 1.165) is 18.4 Å². The van der Waals surface area contributed by atoms with Crippen molar-refractivity contribution in [2.24, 2.45) is 0 Å². The minimum Gasteiger partial charge on any atom is -0.716 e. The van der Waals surface area contributed by atoms with Crippen molar-refractivity contribution in [2.75, 3.05) is 0 Å². The molecular weight excluding hydrogens is 482 g/mol. The van der Waals surface area contributed by atoms with Gasteiger partial charge in [0.1, 0.15) is 23.3 Å². The van der Waals surface area contributed by atoms with E-state index in [4.69, 9.17) is 4.42 Å². The van der Waals surface area contributed by atoms with Gasteiger partial charge in [-0.1, -0.05) is 12.1 Å². The molecular formula is C15H8K2O10S2. The molecule has 0 radical (unpaired) electrons. The molecule has 29 heavy (non-hydrogen) atoms. The first-order valence-electron chi connectivity index (χ1n) is 6.98. The molecule has 0 spiro atoms. The van der Waals surface area contributed by atoms with Crippen LogP contribution in [0.5, 0.6) is 11.5 Å². The summed E-state index contributed by atoms with van der Waals surface area (Å²) in [5.41, 5.74) is -0.0203. The molecule has 0 unspecified atom stereocenters. The number of fused-ring (bicyclic) bond motifs is 1. The quantitative estimate of drug-likeness (QED) is 0.192. The number of hydrogen-bond acceptors (Lipinski definition) is 10. The zero-order valence-electron chi connectivity index (χ0n) is 15.0. The monoisotopic (exact) mass is 490 g/mol. The largest absolute Gasteiger partial charge is 1.00 e. The summed E-state index contributed by atoms with van der Waals surface area (Å²) in [6.45, 7) is 0. The van der Waals surface area contributed by atoms with Crippen molar-refractivity contribution >= 4 is 31.8 Å². The zero-order valence-corrected chi connectivity index (χ0v) is 22.9. The molecule has 0 aliphatic heterocycles. The molecule has 0 fully saturated rings. The summed E-state index contributed by atoms with van der Waals surface area (Å²) in [6.07, 6.45) is 1.10. The topological polar surface area (TPSA) is 163 Å². The van der Waals surface area contributed by atoms with Crippen molar-refractivity contribution in [2.45, 2.75) is 0 Å². The van der Waals surface area contributed by atoms with Crippen LogP contribution in [-0.4, -0.2) is 25.9 Å². The van der Waals surface area contributed by atoms with Crippen molar-refractivity contribution in [3.05, 3.63) is 59.0 Å². The number of hydrogen-bond donors (Lipinski definition) is 0. The standard InChI is InChI=1S/C15H10O10S2.2K/c16-15-12-6-5-11(25-27(20,21)22)7-14(12)23-8-13(15)9-1-3-10(4-2-9)24-26(17,18)19;;/h1-8H,(H,17,18,19)(H,20,21,22);;/q;2*+1/p-2. The van der Waals surface area contributed by atoms with Crippen LogP contribution >= 0.6 is 0 Å². The predicted octanol–water partition coefficient (Wildman–Crippen LogP) is -4.85. The molecule has 2 aromatic carbocycles. The fourth-order valence-corrected chi connectivity index (χ4v) is 2.97. The molecule has 0 saturated heterocycles. The van der Waals surface area contributed by atoms with E-state index in [1.54, 1.807) is 0 Å². The Hall–Kier alpha value is 0.343. The van der Waals surface area contributed by atoms with Crippen LogP contribution in [0, 0.1) is 0 Å². The molecule has 3 aromatic rings. The molecule has 0 atom stereocenters. The van der Waals surface area contributed by atoms with Gasteiger partial charge in [0, 0.05) is 6.07 Å². The average molecular weight is 491 g/mol. The van der Waals surface area contributed by atoms with Crippen LogP contribution < -0.4 is 117 Å². The number of rotatable bonds is 5. The SMILES string of the molecule is O=c1c(-c2ccc(OS(=O)(=O)[O-])cc2)coc2cc(OS(=O)(=O)[O-])ccc12.[K+].[K+]. The molecule has 10 nitrogen and oxygen atoms in total. The minimum absolute atomic E-state index is 0. The van der Waals surface area contributed by atoms with Gasteiger partial charge in [0.25, 0.3) is 20.8 Å². The molecule has 0 aliphatic carbocycles. The second kappa shape index (κ2) is 10.8. The Balaban J connectivity index is 0.00000210. The summed E-state index contributed by atoms with van der Waals surface area (Å²) in [6, 6.07) is 8.49. The third-order valence-electron chi connectivity index (χ3n) is 3.31. The van der Waals surface area contributed by atoms with Crippen molar-refractivity contribution in [1.29, 1.82) is 0 Å². The van der Waals surface area contributed by atoms with E-state index in [1.165, 1.54) is 30.3 Å². The Labute approximate surface area is 250 Å². The fraction of sp³-hybridized carbons (Fsp3) is 0. The van der Waals surface area contributed by atoms with E-state index in [0.29, 0.717) is 5.56 Å². The third kappa shape index (κ3) is 7.76. The van der Waals surface area contributed by atoms with Crippen molar-refractivity contribution in [3.63, 3.8) is 0 Å². The Morgan fingerprint density at radius 1 is 0.793 bits per heavy atom. The molecule has 0 N–H and O–H groups in total. The smallest absolute Gasteiger partial charge is 0.716 e. The minimum atomic E-state index is -4.97. The molecule has 0 aliphatic rings. The first-order valence-corrected chi connectivity index (χ1v) is 9.65. The van der Waals surface area contributed by atoms with Gasteiger partial charge >= 0.3 is 103 Å². The van der Waals surface area contributed by atoms with Gasteiger partial charge in [-0.15, -0.1) is 0 Å². The molecule has 0 amide bonds. The van der Waals surface area contributed by atoms with Crippen molar-refractivity contribution < 1.29 is 141 Å². The van der Waals surface area contributed by atoms with Crippen LogP contribution in [0.25, 0.3) is 22.1 Å². The van der Waals surface area contributed by atoms with Crippen LogP contribution in [0.3, 0.4) is 0 Å². The van der Waals surface area contributed by atoms with E-state index in [1.807, 2.05) is 0 Å². The van der Waals surface area contributed by atoms with Crippen LogP contribution in [-0.2, 0) is 20.8 Å². The van der Waals surface area contributed by atoms with Crippen LogP contribution in [0.15, 0.2) is 57.9 Å². The summed E-state index contributed by atoms with van der Waals surface area (Å²) in [5.74, 6) is -0.534. The van der Waals surface area contributed by atoms with Gasteiger partial charge < -0.3 is 21.9 Å². The van der Waals surface area contributed by atoms with Crippen molar-refractivity contribution in [1.82, 2.24) is 0 Å². The maximum atomic E-state index is 12.6. The molecule has 3 rings (SSSR count). The first kappa shape index (κ1) is 27.4. The maximum Gasteiger partial charge on any atom is 1.00 e. The molecule has 14 heteroatoms. The Morgan fingerprint density at radius 3 is 1.86 bits per heavy atom. The molecule has 0 bridgehead atoms. The van der Waals surface area contributed by atoms with E-state index >= 15 is 0 Å². The van der Waals surface area contributed by atoms with Gasteiger partial charge in [-0.05, 0) is 29.8 Å². The first-order chi connectivity index (χ1) is 12.5. The molecule has 1 heterocycles. The summed E-state index contributed by atoms with van der Waals surface area (Å²) >= 11 is 0. The van der Waals surface area contributed by atoms with Crippen LogP contribution in [0.2, 0.25) is 0 Å². The average Bonchev–Trinajstić information content (AvgIpc) is 2.53. The Morgan fingerprint density at radius 2 is 1.31 bits per heavy atom. The Kier molecular flexibility index (Phi) is 10.2. The molecule has 1 aromatic heterocycles. The van der Waals surface area contributed by atoms with E-state index in [9.17, 15) is 30.7 Å². The number of benzene rings is 2. The van der Waals surface area contributed by atoms with E-state index in [2.05, 4.69) is 8.37 Å².